The van der Waals surface area contributed by atoms with E-state index in [-0.39, 0.29) is 0 Å². The number of hydrogen-bond donors (Lipinski definition) is 1. The molecule has 0 aromatic heterocycles. The molecule has 10 heavy (non-hydrogen) atoms. The molecule has 0 heterocycles. The Morgan fingerprint density at radius 3 is 2.40 bits per heavy atom. The van der Waals surface area contributed by atoms with Crippen molar-refractivity contribution >= 4 is 0 Å². The molecule has 0 bridgehead atoms. The molecule has 4 heteroatoms. The number of halogens is 2. The Balaban J connectivity index is 2.33. The molecule has 0 atom stereocenters. The maximum Gasteiger partial charge on any atom is 0.275 e. The predicted molar refractivity (Wildman–Crippen MR) is 32.4 cm³/mol. The SMILES string of the molecule is NOCC(F)(F)C1CCC1. The standard InChI is InChI=1S/C6H11F2NO/c7-6(8,4-10-9)5-2-1-3-5/h5H,1-4,9H2. The van der Waals surface area contributed by atoms with Crippen molar-refractivity contribution in [1.82, 2.24) is 0 Å². The summed E-state index contributed by atoms with van der Waals surface area (Å²) in [5.41, 5.74) is 0. The molecule has 1 aliphatic rings. The van der Waals surface area contributed by atoms with Crippen LogP contribution in [0.25, 0.3) is 0 Å². The zero-order valence-electron chi connectivity index (χ0n) is 5.65. The molecule has 0 unspecified atom stereocenters. The zero-order chi connectivity index (χ0) is 7.61. The van der Waals surface area contributed by atoms with E-state index in [1.165, 1.54) is 0 Å². The molecule has 0 spiro atoms. The molecule has 0 aromatic carbocycles. The van der Waals surface area contributed by atoms with Gasteiger partial charge in [-0.1, -0.05) is 6.42 Å². The van der Waals surface area contributed by atoms with Crippen molar-refractivity contribution in [2.45, 2.75) is 25.2 Å². The highest BCUT2D eigenvalue weighted by Crippen LogP contribution is 2.39. The summed E-state index contributed by atoms with van der Waals surface area (Å²) in [6, 6.07) is 0. The van der Waals surface area contributed by atoms with E-state index in [0.717, 1.165) is 6.42 Å². The molecule has 0 aromatic rings. The smallest absolute Gasteiger partial charge is 0.275 e. The number of rotatable bonds is 3. The summed E-state index contributed by atoms with van der Waals surface area (Å²) in [7, 11) is 0. The summed E-state index contributed by atoms with van der Waals surface area (Å²) in [4.78, 5) is 3.91. The average Bonchev–Trinajstić information content (AvgIpc) is 1.56. The Labute approximate surface area is 58.3 Å². The van der Waals surface area contributed by atoms with E-state index >= 15 is 0 Å². The van der Waals surface area contributed by atoms with E-state index in [1.54, 1.807) is 0 Å². The van der Waals surface area contributed by atoms with Gasteiger partial charge in [-0.05, 0) is 12.8 Å². The number of alkyl halides is 2. The fraction of sp³-hybridized carbons (Fsp3) is 1.00. The lowest BCUT2D eigenvalue weighted by molar-refractivity contribution is -0.138. The molecule has 2 N–H and O–H groups in total. The summed E-state index contributed by atoms with van der Waals surface area (Å²) < 4.78 is 25.3. The average molecular weight is 151 g/mol. The highest BCUT2D eigenvalue weighted by Gasteiger charge is 2.42. The summed E-state index contributed by atoms with van der Waals surface area (Å²) >= 11 is 0. The summed E-state index contributed by atoms with van der Waals surface area (Å²) in [5.74, 6) is 1.36. The normalized spacial score (nSPS) is 20.7. The second-order valence-electron chi connectivity index (χ2n) is 2.70. The van der Waals surface area contributed by atoms with Crippen LogP contribution in [0.2, 0.25) is 0 Å². The Morgan fingerprint density at radius 2 is 2.10 bits per heavy atom. The third kappa shape index (κ3) is 1.44. The maximum absolute atomic E-state index is 12.7. The highest BCUT2D eigenvalue weighted by molar-refractivity contribution is 4.83. The number of nitrogens with two attached hydrogens (primary N) is 1. The molecule has 2 nitrogen and oxygen atoms in total. The van der Waals surface area contributed by atoms with E-state index < -0.39 is 18.4 Å². The molecule has 0 amide bonds. The van der Waals surface area contributed by atoms with Crippen molar-refractivity contribution in [3.63, 3.8) is 0 Å². The molecule has 1 rings (SSSR count). The van der Waals surface area contributed by atoms with Crippen molar-refractivity contribution in [2.75, 3.05) is 6.61 Å². The topological polar surface area (TPSA) is 35.2 Å². The first-order valence-electron chi connectivity index (χ1n) is 3.36. The van der Waals surface area contributed by atoms with Gasteiger partial charge in [-0.2, -0.15) is 0 Å². The third-order valence-electron chi connectivity index (χ3n) is 1.98. The van der Waals surface area contributed by atoms with Crippen LogP contribution < -0.4 is 5.90 Å². The van der Waals surface area contributed by atoms with Crippen molar-refractivity contribution in [3.8, 4) is 0 Å². The van der Waals surface area contributed by atoms with Gasteiger partial charge in [0.1, 0.15) is 6.61 Å². The summed E-state index contributed by atoms with van der Waals surface area (Å²) in [6.07, 6.45) is 2.12. The molecular weight excluding hydrogens is 140 g/mol. The zero-order valence-corrected chi connectivity index (χ0v) is 5.65. The van der Waals surface area contributed by atoms with Gasteiger partial charge in [0, 0.05) is 5.92 Å². The minimum Gasteiger partial charge on any atom is -0.298 e. The fourth-order valence-corrected chi connectivity index (χ4v) is 1.06. The van der Waals surface area contributed by atoms with E-state index in [0.29, 0.717) is 12.8 Å². The first-order chi connectivity index (χ1) is 4.67. The van der Waals surface area contributed by atoms with Gasteiger partial charge in [-0.25, -0.2) is 14.7 Å². The van der Waals surface area contributed by atoms with Crippen LogP contribution in [-0.2, 0) is 4.84 Å². The van der Waals surface area contributed by atoms with Gasteiger partial charge in [0.15, 0.2) is 0 Å². The van der Waals surface area contributed by atoms with Gasteiger partial charge in [-0.15, -0.1) is 0 Å². The van der Waals surface area contributed by atoms with Crippen LogP contribution in [0.15, 0.2) is 0 Å². The fourth-order valence-electron chi connectivity index (χ4n) is 1.06. The quantitative estimate of drug-likeness (QED) is 0.617. The van der Waals surface area contributed by atoms with Gasteiger partial charge in [0.2, 0.25) is 0 Å². The highest BCUT2D eigenvalue weighted by atomic mass is 19.3. The van der Waals surface area contributed by atoms with E-state index in [4.69, 9.17) is 0 Å². The van der Waals surface area contributed by atoms with Crippen molar-refractivity contribution in [1.29, 1.82) is 0 Å². The largest absolute Gasteiger partial charge is 0.298 e. The van der Waals surface area contributed by atoms with Crippen LogP contribution in [-0.4, -0.2) is 12.5 Å². The monoisotopic (exact) mass is 151 g/mol. The van der Waals surface area contributed by atoms with Crippen molar-refractivity contribution < 1.29 is 13.6 Å². The summed E-state index contributed by atoms with van der Waals surface area (Å²) in [6.45, 7) is -0.641. The lowest BCUT2D eigenvalue weighted by Gasteiger charge is -2.32. The second-order valence-corrected chi connectivity index (χ2v) is 2.70. The maximum atomic E-state index is 12.7. The molecular formula is C6H11F2NO. The van der Waals surface area contributed by atoms with Crippen molar-refractivity contribution in [3.05, 3.63) is 0 Å². The number of hydrogen-bond acceptors (Lipinski definition) is 2. The lowest BCUT2D eigenvalue weighted by atomic mass is 9.81. The molecule has 0 radical (unpaired) electrons. The Morgan fingerprint density at radius 1 is 1.50 bits per heavy atom. The van der Waals surface area contributed by atoms with Gasteiger partial charge >= 0.3 is 0 Å². The van der Waals surface area contributed by atoms with E-state index in [2.05, 4.69) is 10.7 Å². The van der Waals surface area contributed by atoms with Crippen LogP contribution in [0.4, 0.5) is 8.78 Å². The second kappa shape index (κ2) is 2.80. The third-order valence-corrected chi connectivity index (χ3v) is 1.98. The molecule has 1 fully saturated rings. The van der Waals surface area contributed by atoms with Gasteiger partial charge in [0.25, 0.3) is 5.92 Å². The van der Waals surface area contributed by atoms with Gasteiger partial charge in [0.05, 0.1) is 0 Å². The predicted octanol–water partition coefficient (Wildman–Crippen LogP) is 1.31. The van der Waals surface area contributed by atoms with Crippen LogP contribution in [0.5, 0.6) is 0 Å². The molecule has 60 valence electrons. The van der Waals surface area contributed by atoms with Crippen LogP contribution >= 0.6 is 0 Å². The molecule has 1 aliphatic carbocycles. The first kappa shape index (κ1) is 7.88. The minimum absolute atomic E-state index is 0.490. The molecule has 0 aliphatic heterocycles. The Kier molecular flexibility index (Phi) is 2.21. The summed E-state index contributed by atoms with van der Waals surface area (Å²) in [5, 5.41) is 0. The minimum atomic E-state index is -2.70. The van der Waals surface area contributed by atoms with Gasteiger partial charge < -0.3 is 0 Å². The van der Waals surface area contributed by atoms with E-state index in [9.17, 15) is 8.78 Å². The Bertz CT molecular complexity index is 114. The van der Waals surface area contributed by atoms with Crippen LogP contribution in [0, 0.1) is 5.92 Å². The van der Waals surface area contributed by atoms with E-state index in [1.807, 2.05) is 0 Å². The van der Waals surface area contributed by atoms with Crippen molar-refractivity contribution in [2.24, 2.45) is 11.8 Å². The van der Waals surface area contributed by atoms with Gasteiger partial charge in [-0.3, -0.25) is 4.84 Å². The Hall–Kier alpha value is -0.220. The van der Waals surface area contributed by atoms with Crippen LogP contribution in [0.3, 0.4) is 0 Å². The van der Waals surface area contributed by atoms with Crippen LogP contribution in [0.1, 0.15) is 19.3 Å². The first-order valence-corrected chi connectivity index (χ1v) is 3.36. The molecule has 0 saturated heterocycles. The molecule has 1 saturated carbocycles. The lowest BCUT2D eigenvalue weighted by Crippen LogP contribution is -2.38.